The van der Waals surface area contributed by atoms with Crippen LogP contribution in [0.1, 0.15) is 54.4 Å². The van der Waals surface area contributed by atoms with Gasteiger partial charge in [-0.15, -0.1) is 0 Å². The minimum absolute atomic E-state index is 0.190. The monoisotopic (exact) mass is 454 g/mol. The molecular formula is C27H29F3N2O. The fraction of sp³-hybridized carbons (Fsp3) is 0.444. The van der Waals surface area contributed by atoms with Crippen LogP contribution >= 0.6 is 0 Å². The Morgan fingerprint density at radius 1 is 1.12 bits per heavy atom. The Bertz CT molecular complexity index is 1070. The molecule has 1 heterocycles. The number of alkyl halides is 3. The molecule has 1 aliphatic heterocycles. The molecule has 3 atom stereocenters. The molecule has 5 rings (SSSR count). The molecule has 1 N–H and O–H groups in total. The van der Waals surface area contributed by atoms with Gasteiger partial charge in [-0.25, -0.2) is 0 Å². The molecule has 2 aliphatic carbocycles. The van der Waals surface area contributed by atoms with E-state index >= 15 is 0 Å². The molecule has 1 amide bonds. The lowest BCUT2D eigenvalue weighted by atomic mass is 9.52. The summed E-state index contributed by atoms with van der Waals surface area (Å²) in [5, 5.41) is 3.74. The SMILES string of the molecule is CN(C(=O)C=Cc1ccc(C(F)(F)F)cc1)c1cccc2c1C[C@H]1NCC[C@@]23CCCC[C@@H]13. The highest BCUT2D eigenvalue weighted by Crippen LogP contribution is 2.55. The molecule has 3 aliphatic rings. The Kier molecular flexibility index (Phi) is 5.60. The van der Waals surface area contributed by atoms with Gasteiger partial charge in [0.05, 0.1) is 5.56 Å². The zero-order valence-corrected chi connectivity index (χ0v) is 18.8. The van der Waals surface area contributed by atoms with Crippen molar-refractivity contribution >= 4 is 17.7 Å². The second-order valence-corrected chi connectivity index (χ2v) is 9.68. The number of carbonyl (C=O) groups is 1. The molecule has 2 fully saturated rings. The molecular weight excluding hydrogens is 425 g/mol. The molecule has 1 saturated heterocycles. The molecule has 1 saturated carbocycles. The summed E-state index contributed by atoms with van der Waals surface area (Å²) in [6.45, 7) is 1.05. The van der Waals surface area contributed by atoms with E-state index in [0.717, 1.165) is 37.2 Å². The summed E-state index contributed by atoms with van der Waals surface area (Å²) in [6, 6.07) is 11.6. The first-order valence-corrected chi connectivity index (χ1v) is 11.8. The first-order chi connectivity index (χ1) is 15.8. The fourth-order valence-electron chi connectivity index (χ4n) is 6.44. The number of anilines is 1. The van der Waals surface area contributed by atoms with E-state index in [9.17, 15) is 18.0 Å². The van der Waals surface area contributed by atoms with Crippen LogP contribution in [0.5, 0.6) is 0 Å². The molecule has 174 valence electrons. The lowest BCUT2D eigenvalue weighted by Crippen LogP contribution is -2.59. The summed E-state index contributed by atoms with van der Waals surface area (Å²) in [4.78, 5) is 14.7. The number of nitrogens with one attached hydrogen (secondary N) is 1. The quantitative estimate of drug-likeness (QED) is 0.601. The fourth-order valence-corrected chi connectivity index (χ4v) is 6.44. The molecule has 33 heavy (non-hydrogen) atoms. The van der Waals surface area contributed by atoms with Gasteiger partial charge in [-0.3, -0.25) is 4.79 Å². The third kappa shape index (κ3) is 3.88. The number of fused-ring (bicyclic) bond motifs is 1. The van der Waals surface area contributed by atoms with E-state index in [0.29, 0.717) is 17.5 Å². The van der Waals surface area contributed by atoms with Crippen molar-refractivity contribution in [1.82, 2.24) is 5.32 Å². The van der Waals surface area contributed by atoms with Gasteiger partial charge in [-0.1, -0.05) is 37.1 Å². The lowest BCUT2D eigenvalue weighted by Gasteiger charge is -2.56. The first kappa shape index (κ1) is 22.2. The van der Waals surface area contributed by atoms with Crippen molar-refractivity contribution in [3.63, 3.8) is 0 Å². The number of likely N-dealkylation sites (N-methyl/N-ethyl adjacent to an activating group) is 1. The van der Waals surface area contributed by atoms with Gasteiger partial charge in [0.25, 0.3) is 5.91 Å². The maximum Gasteiger partial charge on any atom is 0.416 e. The van der Waals surface area contributed by atoms with Gasteiger partial charge in [-0.2, -0.15) is 13.2 Å². The van der Waals surface area contributed by atoms with Crippen molar-refractivity contribution in [1.29, 1.82) is 0 Å². The highest BCUT2D eigenvalue weighted by atomic mass is 19.4. The van der Waals surface area contributed by atoms with Crippen molar-refractivity contribution in [3.05, 3.63) is 70.8 Å². The molecule has 0 spiro atoms. The number of halogens is 3. The highest BCUT2D eigenvalue weighted by Gasteiger charge is 2.51. The smallest absolute Gasteiger partial charge is 0.313 e. The second-order valence-electron chi connectivity index (χ2n) is 9.68. The van der Waals surface area contributed by atoms with Crippen LogP contribution in [0.15, 0.2) is 48.5 Å². The van der Waals surface area contributed by atoms with Gasteiger partial charge in [-0.05, 0) is 79.1 Å². The van der Waals surface area contributed by atoms with Crippen LogP contribution in [-0.2, 0) is 22.8 Å². The summed E-state index contributed by atoms with van der Waals surface area (Å²) < 4.78 is 38.3. The minimum Gasteiger partial charge on any atom is -0.313 e. The van der Waals surface area contributed by atoms with Crippen LogP contribution in [0.4, 0.5) is 18.9 Å². The Balaban J connectivity index is 1.40. The van der Waals surface area contributed by atoms with Crippen LogP contribution in [0, 0.1) is 5.92 Å². The Morgan fingerprint density at radius 3 is 2.67 bits per heavy atom. The van der Waals surface area contributed by atoms with Gasteiger partial charge in [0.2, 0.25) is 0 Å². The predicted octanol–water partition coefficient (Wildman–Crippen LogP) is 5.73. The second kappa shape index (κ2) is 8.32. The molecule has 6 heteroatoms. The molecule has 0 unspecified atom stereocenters. The van der Waals surface area contributed by atoms with Crippen molar-refractivity contribution in [2.45, 2.75) is 56.2 Å². The lowest BCUT2D eigenvalue weighted by molar-refractivity contribution is -0.137. The van der Waals surface area contributed by atoms with Gasteiger partial charge >= 0.3 is 6.18 Å². The topological polar surface area (TPSA) is 32.3 Å². The summed E-state index contributed by atoms with van der Waals surface area (Å²) in [6.07, 6.45) is 5.77. The maximum absolute atomic E-state index is 13.0. The average Bonchev–Trinajstić information content (AvgIpc) is 2.81. The van der Waals surface area contributed by atoms with Crippen LogP contribution in [-0.4, -0.2) is 25.5 Å². The summed E-state index contributed by atoms with van der Waals surface area (Å²) >= 11 is 0. The van der Waals surface area contributed by atoms with Gasteiger partial charge < -0.3 is 10.2 Å². The third-order valence-corrected chi connectivity index (χ3v) is 8.02. The Hall–Kier alpha value is -2.60. The number of amides is 1. The standard InChI is InChI=1S/C27H29F3N2O/c1-32(25(33)13-10-18-8-11-19(12-9-18)27(28,29)30)24-7-4-6-21-20(24)17-23-22-5-2-3-14-26(21,22)15-16-31-23/h4,6-13,22-23,31H,2-3,5,14-17H2,1H3/t22-,23+,26-/m0/s1. The van der Waals surface area contributed by atoms with Gasteiger partial charge in [0.15, 0.2) is 0 Å². The number of nitrogens with zero attached hydrogens (tertiary/aromatic N) is 1. The third-order valence-electron chi connectivity index (χ3n) is 8.02. The van der Waals surface area contributed by atoms with Crippen molar-refractivity contribution in [2.75, 3.05) is 18.5 Å². The number of rotatable bonds is 3. The number of hydrogen-bond donors (Lipinski definition) is 1. The maximum atomic E-state index is 13.0. The minimum atomic E-state index is -4.37. The number of piperidine rings is 1. The van der Waals surface area contributed by atoms with Crippen molar-refractivity contribution in [3.8, 4) is 0 Å². The molecule has 0 radical (unpaired) electrons. The molecule has 0 aromatic heterocycles. The number of hydrogen-bond acceptors (Lipinski definition) is 2. The van der Waals surface area contributed by atoms with E-state index in [-0.39, 0.29) is 11.3 Å². The van der Waals surface area contributed by atoms with E-state index in [1.165, 1.54) is 55.0 Å². The van der Waals surface area contributed by atoms with Crippen LogP contribution in [0.3, 0.4) is 0 Å². The van der Waals surface area contributed by atoms with Crippen molar-refractivity contribution < 1.29 is 18.0 Å². The normalized spacial score (nSPS) is 26.5. The van der Waals surface area contributed by atoms with Gasteiger partial charge in [0.1, 0.15) is 0 Å². The zero-order valence-electron chi connectivity index (χ0n) is 18.8. The highest BCUT2D eigenvalue weighted by molar-refractivity contribution is 6.04. The van der Waals surface area contributed by atoms with Crippen LogP contribution in [0.2, 0.25) is 0 Å². The zero-order chi connectivity index (χ0) is 23.2. The number of carbonyl (C=O) groups excluding carboxylic acids is 1. The average molecular weight is 455 g/mol. The van der Waals surface area contributed by atoms with E-state index < -0.39 is 11.7 Å². The van der Waals surface area contributed by atoms with Gasteiger partial charge in [0, 0.05) is 30.3 Å². The summed E-state index contributed by atoms with van der Waals surface area (Å²) in [7, 11) is 1.78. The van der Waals surface area contributed by atoms with Crippen molar-refractivity contribution in [2.24, 2.45) is 5.92 Å². The van der Waals surface area contributed by atoms with E-state index in [4.69, 9.17) is 0 Å². The van der Waals surface area contributed by atoms with E-state index in [2.05, 4.69) is 17.4 Å². The summed E-state index contributed by atoms with van der Waals surface area (Å²) in [5.41, 5.74) is 3.71. The first-order valence-electron chi connectivity index (χ1n) is 11.8. The predicted molar refractivity (Wildman–Crippen MR) is 124 cm³/mol. The molecule has 2 bridgehead atoms. The molecule has 2 aromatic rings. The van der Waals surface area contributed by atoms with Crippen LogP contribution in [0.25, 0.3) is 6.08 Å². The largest absolute Gasteiger partial charge is 0.416 e. The van der Waals surface area contributed by atoms with E-state index in [1.807, 2.05) is 6.07 Å². The molecule has 3 nitrogen and oxygen atoms in total. The van der Waals surface area contributed by atoms with Crippen LogP contribution < -0.4 is 10.2 Å². The summed E-state index contributed by atoms with van der Waals surface area (Å²) in [5.74, 6) is 0.480. The Morgan fingerprint density at radius 2 is 1.91 bits per heavy atom. The number of benzene rings is 2. The van der Waals surface area contributed by atoms with E-state index in [1.54, 1.807) is 18.0 Å². The molecule has 2 aromatic carbocycles. The Labute approximate surface area is 192 Å².